The van der Waals surface area contributed by atoms with Crippen LogP contribution in [0.5, 0.6) is 0 Å². The smallest absolute Gasteiger partial charge is 0.340 e. The largest absolute Gasteiger partial charge is 0.465 e. The molecule has 0 saturated carbocycles. The van der Waals surface area contributed by atoms with Crippen LogP contribution in [0.2, 0.25) is 0 Å². The Labute approximate surface area is 132 Å². The van der Waals surface area contributed by atoms with Crippen molar-refractivity contribution in [1.82, 2.24) is 14.5 Å². The highest BCUT2D eigenvalue weighted by Crippen LogP contribution is 2.28. The zero-order valence-electron chi connectivity index (χ0n) is 12.5. The number of thioether (sulfide) groups is 1. The van der Waals surface area contributed by atoms with E-state index in [-0.39, 0.29) is 0 Å². The van der Waals surface area contributed by atoms with E-state index in [2.05, 4.69) is 9.97 Å². The van der Waals surface area contributed by atoms with Crippen molar-refractivity contribution in [3.05, 3.63) is 47.7 Å². The van der Waals surface area contributed by atoms with Gasteiger partial charge in [-0.25, -0.2) is 14.8 Å². The minimum atomic E-state index is -0.402. The summed E-state index contributed by atoms with van der Waals surface area (Å²) in [5, 5.41) is 0.782. The minimum Gasteiger partial charge on any atom is -0.465 e. The molecule has 0 aliphatic rings. The molecule has 5 nitrogen and oxygen atoms in total. The first-order valence-corrected chi connectivity index (χ1v) is 7.96. The number of carbonyl (C=O) groups excluding carboxylic acids is 1. The van der Waals surface area contributed by atoms with Gasteiger partial charge in [-0.15, -0.1) is 0 Å². The molecule has 0 unspecified atom stereocenters. The number of carbonyl (C=O) groups is 1. The first-order chi connectivity index (χ1) is 10.7. The van der Waals surface area contributed by atoms with Gasteiger partial charge in [-0.3, -0.25) is 4.57 Å². The third-order valence-corrected chi connectivity index (χ3v) is 3.95. The van der Waals surface area contributed by atoms with Gasteiger partial charge < -0.3 is 4.74 Å². The Morgan fingerprint density at radius 1 is 1.23 bits per heavy atom. The van der Waals surface area contributed by atoms with E-state index in [9.17, 15) is 4.79 Å². The molecule has 0 aliphatic carbocycles. The van der Waals surface area contributed by atoms with E-state index in [1.165, 1.54) is 18.9 Å². The standard InChI is InChI=1S/C16H15N3O2S/c1-10-9-12(15(20)21-2)13-14(17-10)19(16(18-13)22-3)11-7-5-4-6-8-11/h4-9H,1-3H3. The van der Waals surface area contributed by atoms with Crippen molar-refractivity contribution in [2.75, 3.05) is 13.4 Å². The fourth-order valence-corrected chi connectivity index (χ4v) is 2.92. The van der Waals surface area contributed by atoms with Gasteiger partial charge in [0.05, 0.1) is 12.7 Å². The van der Waals surface area contributed by atoms with Crippen LogP contribution in [0.15, 0.2) is 41.6 Å². The van der Waals surface area contributed by atoms with Gasteiger partial charge in [0.15, 0.2) is 10.8 Å². The molecule has 6 heteroatoms. The Balaban J connectivity index is 2.37. The summed E-state index contributed by atoms with van der Waals surface area (Å²) in [7, 11) is 1.37. The number of methoxy groups -OCH3 is 1. The molecule has 0 bridgehead atoms. The van der Waals surface area contributed by atoms with E-state index in [0.29, 0.717) is 16.7 Å². The van der Waals surface area contributed by atoms with E-state index < -0.39 is 5.97 Å². The van der Waals surface area contributed by atoms with E-state index >= 15 is 0 Å². The number of imidazole rings is 1. The van der Waals surface area contributed by atoms with Crippen molar-refractivity contribution < 1.29 is 9.53 Å². The lowest BCUT2D eigenvalue weighted by molar-refractivity contribution is 0.0602. The van der Waals surface area contributed by atoms with Crippen LogP contribution in [-0.4, -0.2) is 33.9 Å². The summed E-state index contributed by atoms with van der Waals surface area (Å²) in [4.78, 5) is 21.2. The Kier molecular flexibility index (Phi) is 3.85. The molecule has 3 aromatic rings. The van der Waals surface area contributed by atoms with Gasteiger partial charge in [-0.1, -0.05) is 30.0 Å². The second-order valence-corrected chi connectivity index (χ2v) is 5.52. The van der Waals surface area contributed by atoms with Gasteiger partial charge in [0.1, 0.15) is 5.52 Å². The molecule has 3 rings (SSSR count). The highest BCUT2D eigenvalue weighted by Gasteiger charge is 2.20. The molecule has 2 heterocycles. The number of ether oxygens (including phenoxy) is 1. The van der Waals surface area contributed by atoms with Crippen molar-refractivity contribution in [3.63, 3.8) is 0 Å². The summed E-state index contributed by atoms with van der Waals surface area (Å²) in [6.45, 7) is 1.85. The van der Waals surface area contributed by atoms with Gasteiger partial charge >= 0.3 is 5.97 Å². The van der Waals surface area contributed by atoms with Crippen LogP contribution in [0, 0.1) is 6.92 Å². The van der Waals surface area contributed by atoms with Gasteiger partial charge in [0.2, 0.25) is 0 Å². The van der Waals surface area contributed by atoms with Crippen LogP contribution in [0.1, 0.15) is 16.1 Å². The number of aryl methyl sites for hydroxylation is 1. The molecule has 0 fully saturated rings. The molecule has 2 aromatic heterocycles. The molecule has 0 radical (unpaired) electrons. The predicted octanol–water partition coefficient (Wildman–Crippen LogP) is 3.24. The molecule has 0 saturated heterocycles. The first kappa shape index (κ1) is 14.6. The maximum atomic E-state index is 12.0. The SMILES string of the molecule is COC(=O)c1cc(C)nc2c1nc(SC)n2-c1ccccc1. The summed E-state index contributed by atoms with van der Waals surface area (Å²) in [6, 6.07) is 11.6. The Hall–Kier alpha value is -2.34. The molecule has 112 valence electrons. The number of nitrogens with zero attached hydrogens (tertiary/aromatic N) is 3. The highest BCUT2D eigenvalue weighted by molar-refractivity contribution is 7.98. The molecule has 0 spiro atoms. The van der Waals surface area contributed by atoms with Gasteiger partial charge in [-0.2, -0.15) is 0 Å². The average Bonchev–Trinajstić information content (AvgIpc) is 2.92. The van der Waals surface area contributed by atoms with Crippen molar-refractivity contribution in [2.45, 2.75) is 12.1 Å². The van der Waals surface area contributed by atoms with Crippen LogP contribution in [-0.2, 0) is 4.74 Å². The zero-order chi connectivity index (χ0) is 15.7. The van der Waals surface area contributed by atoms with Crippen LogP contribution >= 0.6 is 11.8 Å². The Bertz CT molecular complexity index is 843. The summed E-state index contributed by atoms with van der Waals surface area (Å²) >= 11 is 1.51. The summed E-state index contributed by atoms with van der Waals surface area (Å²) < 4.78 is 6.82. The highest BCUT2D eigenvalue weighted by atomic mass is 32.2. The van der Waals surface area contributed by atoms with E-state index in [1.54, 1.807) is 6.07 Å². The van der Waals surface area contributed by atoms with Crippen LogP contribution < -0.4 is 0 Å². The third-order valence-electron chi connectivity index (χ3n) is 3.32. The van der Waals surface area contributed by atoms with Crippen molar-refractivity contribution in [2.24, 2.45) is 0 Å². The Morgan fingerprint density at radius 3 is 2.59 bits per heavy atom. The zero-order valence-corrected chi connectivity index (χ0v) is 13.3. The summed E-state index contributed by atoms with van der Waals surface area (Å²) in [5.74, 6) is -0.402. The van der Waals surface area contributed by atoms with E-state index in [1.807, 2.05) is 48.1 Å². The number of fused-ring (bicyclic) bond motifs is 1. The molecule has 0 N–H and O–H groups in total. The van der Waals surface area contributed by atoms with Crippen molar-refractivity contribution >= 4 is 28.9 Å². The minimum absolute atomic E-state index is 0.402. The normalized spacial score (nSPS) is 10.9. The second kappa shape index (κ2) is 5.81. The molecule has 0 amide bonds. The van der Waals surface area contributed by atoms with Gasteiger partial charge in [0.25, 0.3) is 0 Å². The predicted molar refractivity (Wildman–Crippen MR) is 86.7 cm³/mol. The van der Waals surface area contributed by atoms with Crippen LogP contribution in [0.25, 0.3) is 16.9 Å². The number of hydrogen-bond donors (Lipinski definition) is 0. The molecular weight excluding hydrogens is 298 g/mol. The van der Waals surface area contributed by atoms with Gasteiger partial charge in [-0.05, 0) is 31.4 Å². The fourth-order valence-electron chi connectivity index (χ4n) is 2.36. The van der Waals surface area contributed by atoms with Gasteiger partial charge in [0, 0.05) is 11.4 Å². The number of aromatic nitrogens is 3. The Morgan fingerprint density at radius 2 is 1.95 bits per heavy atom. The average molecular weight is 313 g/mol. The molecule has 0 aliphatic heterocycles. The molecular formula is C16H15N3O2S. The number of rotatable bonds is 3. The molecule has 0 atom stereocenters. The monoisotopic (exact) mass is 313 g/mol. The summed E-state index contributed by atoms with van der Waals surface area (Å²) in [5.41, 5.74) is 3.37. The summed E-state index contributed by atoms with van der Waals surface area (Å²) in [6.07, 6.45) is 1.95. The lowest BCUT2D eigenvalue weighted by atomic mass is 10.2. The number of benzene rings is 1. The second-order valence-electron chi connectivity index (χ2n) is 4.74. The quantitative estimate of drug-likeness (QED) is 0.549. The van der Waals surface area contributed by atoms with Crippen LogP contribution in [0.3, 0.4) is 0 Å². The fraction of sp³-hybridized carbons (Fsp3) is 0.188. The maximum Gasteiger partial charge on any atom is 0.340 e. The van der Waals surface area contributed by atoms with E-state index in [4.69, 9.17) is 4.74 Å². The third kappa shape index (κ3) is 2.35. The number of hydrogen-bond acceptors (Lipinski definition) is 5. The van der Waals surface area contributed by atoms with E-state index in [0.717, 1.165) is 16.5 Å². The number of pyridine rings is 1. The lowest BCUT2D eigenvalue weighted by Crippen LogP contribution is -2.04. The van der Waals surface area contributed by atoms with Crippen molar-refractivity contribution in [1.29, 1.82) is 0 Å². The number of esters is 1. The first-order valence-electron chi connectivity index (χ1n) is 6.73. The number of para-hydroxylation sites is 1. The maximum absolute atomic E-state index is 12.0. The topological polar surface area (TPSA) is 57.0 Å². The molecule has 22 heavy (non-hydrogen) atoms. The van der Waals surface area contributed by atoms with Crippen molar-refractivity contribution in [3.8, 4) is 5.69 Å². The van der Waals surface area contributed by atoms with Crippen LogP contribution in [0.4, 0.5) is 0 Å². The lowest BCUT2D eigenvalue weighted by Gasteiger charge is -2.07. The molecule has 1 aromatic carbocycles.